The van der Waals surface area contributed by atoms with E-state index in [0.717, 1.165) is 10.0 Å². The van der Waals surface area contributed by atoms with E-state index in [2.05, 4.69) is 19.1 Å². The molecule has 0 saturated heterocycles. The first-order chi connectivity index (χ1) is 8.24. The van der Waals surface area contributed by atoms with Gasteiger partial charge in [0.25, 0.3) is 0 Å². The Bertz CT molecular complexity index is 488. The van der Waals surface area contributed by atoms with Gasteiger partial charge in [-0.05, 0) is 0 Å². The second kappa shape index (κ2) is 5.81. The number of benzene rings is 2. The van der Waals surface area contributed by atoms with Crippen molar-refractivity contribution in [2.45, 2.75) is 13.3 Å². The van der Waals surface area contributed by atoms with Crippen molar-refractivity contribution < 1.29 is 4.79 Å². The molecule has 0 aliphatic rings. The van der Waals surface area contributed by atoms with E-state index in [1.54, 1.807) is 0 Å². The second-order valence-corrected chi connectivity index (χ2v) is 6.32. The number of carbonyl (C=O) groups is 1. The van der Waals surface area contributed by atoms with Gasteiger partial charge in [-0.15, -0.1) is 0 Å². The van der Waals surface area contributed by atoms with Crippen molar-refractivity contribution in [1.82, 2.24) is 0 Å². The molecule has 2 heteroatoms. The van der Waals surface area contributed by atoms with E-state index < -0.39 is 0 Å². The molecule has 0 saturated carbocycles. The van der Waals surface area contributed by atoms with Crippen LogP contribution in [0.3, 0.4) is 0 Å². The van der Waals surface area contributed by atoms with Crippen LogP contribution in [-0.4, -0.2) is 19.6 Å². The maximum absolute atomic E-state index is 11.9. The number of rotatable bonds is 4. The zero-order valence-corrected chi connectivity index (χ0v) is 11.4. The summed E-state index contributed by atoms with van der Waals surface area (Å²) < 4.78 is 1.48. The average molecular weight is 289 g/mol. The van der Waals surface area contributed by atoms with E-state index in [1.807, 2.05) is 42.5 Å². The molecule has 86 valence electrons. The van der Waals surface area contributed by atoms with Crippen LogP contribution in [0.2, 0.25) is 0 Å². The van der Waals surface area contributed by atoms with Crippen LogP contribution in [0, 0.1) is 6.92 Å². The molecular formula is C15H14OSe. The van der Waals surface area contributed by atoms with E-state index in [4.69, 9.17) is 0 Å². The van der Waals surface area contributed by atoms with Crippen LogP contribution in [0.1, 0.15) is 11.1 Å². The summed E-state index contributed by atoms with van der Waals surface area (Å²) in [6.45, 7) is 2.06. The molecule has 0 radical (unpaired) electrons. The molecule has 0 heterocycles. The molecule has 0 unspecified atom stereocenters. The Kier molecular flexibility index (Phi) is 4.13. The summed E-state index contributed by atoms with van der Waals surface area (Å²) in [7, 11) is 0. The van der Waals surface area contributed by atoms with E-state index in [0.29, 0.717) is 11.1 Å². The van der Waals surface area contributed by atoms with Gasteiger partial charge in [0.2, 0.25) is 0 Å². The Labute approximate surface area is 108 Å². The molecular weight excluding hydrogens is 275 g/mol. The van der Waals surface area contributed by atoms with Crippen LogP contribution in [0.4, 0.5) is 0 Å². The van der Waals surface area contributed by atoms with Gasteiger partial charge in [-0.3, -0.25) is 0 Å². The first-order valence-corrected chi connectivity index (χ1v) is 7.26. The fourth-order valence-electron chi connectivity index (χ4n) is 1.53. The fourth-order valence-corrected chi connectivity index (χ4v) is 3.20. The minimum atomic E-state index is -0.0633. The predicted molar refractivity (Wildman–Crippen MR) is 71.7 cm³/mol. The molecule has 17 heavy (non-hydrogen) atoms. The van der Waals surface area contributed by atoms with Crippen molar-refractivity contribution in [3.05, 3.63) is 65.7 Å². The van der Waals surface area contributed by atoms with Gasteiger partial charge in [0.05, 0.1) is 0 Å². The Morgan fingerprint density at radius 2 is 1.65 bits per heavy atom. The van der Waals surface area contributed by atoms with Crippen LogP contribution < -0.4 is 4.46 Å². The van der Waals surface area contributed by atoms with Crippen LogP contribution in [0.15, 0.2) is 54.6 Å². The van der Waals surface area contributed by atoms with Crippen molar-refractivity contribution in [3.8, 4) is 0 Å². The Hall–Kier alpha value is -1.37. The standard InChI is InChI=1S/C15H14OSe/c1-12-7-9-13(10-8-12)11-15(16)17-14-5-3-2-4-6-14/h2-10H,11H2,1H3. The molecule has 0 aliphatic carbocycles. The van der Waals surface area contributed by atoms with Crippen molar-refractivity contribution in [3.63, 3.8) is 0 Å². The summed E-state index contributed by atoms with van der Waals surface area (Å²) in [5.74, 6) is 0. The summed E-state index contributed by atoms with van der Waals surface area (Å²) in [5.41, 5.74) is 2.34. The van der Waals surface area contributed by atoms with Gasteiger partial charge in [0.15, 0.2) is 0 Å². The summed E-state index contributed by atoms with van der Waals surface area (Å²) in [6.07, 6.45) is 0.551. The minimum absolute atomic E-state index is 0.0633. The zero-order chi connectivity index (χ0) is 12.1. The molecule has 0 aliphatic heterocycles. The molecule has 2 aromatic carbocycles. The average Bonchev–Trinajstić information content (AvgIpc) is 2.33. The molecule has 1 nitrogen and oxygen atoms in total. The van der Waals surface area contributed by atoms with Gasteiger partial charge in [-0.25, -0.2) is 0 Å². The monoisotopic (exact) mass is 290 g/mol. The van der Waals surface area contributed by atoms with Crippen LogP contribution in [-0.2, 0) is 11.2 Å². The fraction of sp³-hybridized carbons (Fsp3) is 0.133. The third kappa shape index (κ3) is 3.85. The summed E-state index contributed by atoms with van der Waals surface area (Å²) in [6, 6.07) is 18.2. The Balaban J connectivity index is 1.96. The van der Waals surface area contributed by atoms with E-state index in [-0.39, 0.29) is 15.0 Å². The molecule has 0 spiro atoms. The number of carbonyl (C=O) groups excluding carboxylic acids is 1. The normalized spacial score (nSPS) is 10.2. The van der Waals surface area contributed by atoms with E-state index in [1.165, 1.54) is 5.56 Å². The Morgan fingerprint density at radius 3 is 2.29 bits per heavy atom. The molecule has 2 aromatic rings. The molecule has 0 N–H and O–H groups in total. The summed E-state index contributed by atoms with van der Waals surface area (Å²) in [4.78, 5) is 11.9. The van der Waals surface area contributed by atoms with Crippen molar-refractivity contribution >= 4 is 24.1 Å². The van der Waals surface area contributed by atoms with Crippen LogP contribution in [0.25, 0.3) is 0 Å². The molecule has 0 aromatic heterocycles. The molecule has 0 fully saturated rings. The van der Waals surface area contributed by atoms with Crippen molar-refractivity contribution in [2.75, 3.05) is 0 Å². The predicted octanol–water partition coefficient (Wildman–Crippen LogP) is 2.09. The Morgan fingerprint density at radius 1 is 1.00 bits per heavy atom. The van der Waals surface area contributed by atoms with Gasteiger partial charge in [0.1, 0.15) is 0 Å². The summed E-state index contributed by atoms with van der Waals surface area (Å²) >= 11 is -0.0633. The first kappa shape index (κ1) is 12.1. The topological polar surface area (TPSA) is 17.1 Å². The quantitative estimate of drug-likeness (QED) is 0.788. The molecule has 0 amide bonds. The summed E-state index contributed by atoms with van der Waals surface area (Å²) in [5, 5.41) is 0. The zero-order valence-electron chi connectivity index (χ0n) is 9.72. The molecule has 0 bridgehead atoms. The van der Waals surface area contributed by atoms with Crippen molar-refractivity contribution in [1.29, 1.82) is 0 Å². The van der Waals surface area contributed by atoms with E-state index >= 15 is 0 Å². The SMILES string of the molecule is Cc1ccc(CC(=O)[Se]c2ccccc2)cc1. The van der Waals surface area contributed by atoms with Crippen LogP contribution >= 0.6 is 0 Å². The van der Waals surface area contributed by atoms with Gasteiger partial charge < -0.3 is 0 Å². The third-order valence-corrected chi connectivity index (χ3v) is 4.29. The van der Waals surface area contributed by atoms with Gasteiger partial charge in [-0.1, -0.05) is 0 Å². The van der Waals surface area contributed by atoms with E-state index in [9.17, 15) is 4.79 Å². The van der Waals surface area contributed by atoms with Gasteiger partial charge >= 0.3 is 108 Å². The number of hydrogen-bond acceptors (Lipinski definition) is 1. The molecule has 2 rings (SSSR count). The molecule has 0 atom stereocenters. The van der Waals surface area contributed by atoms with Crippen LogP contribution in [0.5, 0.6) is 0 Å². The number of aryl methyl sites for hydroxylation is 1. The van der Waals surface area contributed by atoms with Gasteiger partial charge in [0, 0.05) is 0 Å². The van der Waals surface area contributed by atoms with Gasteiger partial charge in [-0.2, -0.15) is 0 Å². The number of hydrogen-bond donors (Lipinski definition) is 0. The maximum atomic E-state index is 11.9. The first-order valence-electron chi connectivity index (χ1n) is 5.55. The second-order valence-electron chi connectivity index (χ2n) is 3.95. The third-order valence-electron chi connectivity index (χ3n) is 2.44. The van der Waals surface area contributed by atoms with Crippen molar-refractivity contribution in [2.24, 2.45) is 0 Å².